The molecule has 0 saturated heterocycles. The van der Waals surface area contributed by atoms with Crippen molar-refractivity contribution in [1.82, 2.24) is 4.57 Å². The number of nitriles is 1. The molecule has 0 unspecified atom stereocenters. The summed E-state index contributed by atoms with van der Waals surface area (Å²) in [4.78, 5) is 12.1. The Balaban J connectivity index is 3.06. The Morgan fingerprint density at radius 1 is 1.68 bits per heavy atom. The van der Waals surface area contributed by atoms with Crippen molar-refractivity contribution >= 4 is 35.5 Å². The maximum absolute atomic E-state index is 11.8. The summed E-state index contributed by atoms with van der Waals surface area (Å²) in [6.07, 6.45) is 1.03. The van der Waals surface area contributed by atoms with Crippen LogP contribution in [0.3, 0.4) is 0 Å². The van der Waals surface area contributed by atoms with Gasteiger partial charge in [0.25, 0.3) is 0 Å². The van der Waals surface area contributed by atoms with Crippen LogP contribution in [0.15, 0.2) is 12.7 Å². The number of rotatable bonds is 3. The van der Waals surface area contributed by atoms with Crippen LogP contribution in [-0.2, 0) is 11.3 Å². The Kier molecular flexibility index (Phi) is 4.86. The number of hydrogen-bond donors (Lipinski definition) is 1. The molecule has 0 bridgehead atoms. The normalized spacial score (nSPS) is 10.6. The maximum Gasteiger partial charge on any atom is 0.413 e. The molecule has 0 fully saturated rings. The van der Waals surface area contributed by atoms with Crippen LogP contribution in [0.25, 0.3) is 0 Å². The topological polar surface area (TPSA) is 67.1 Å². The molecule has 0 saturated carbocycles. The summed E-state index contributed by atoms with van der Waals surface area (Å²) in [6.45, 7) is 9.34. The summed E-state index contributed by atoms with van der Waals surface area (Å²) in [5.41, 5.74) is -0.604. The van der Waals surface area contributed by atoms with E-state index in [2.05, 4.69) is 11.9 Å². The average Bonchev–Trinajstić information content (AvgIpc) is 2.55. The number of carbonyl (C=O) groups excluding carboxylic acids is 1. The van der Waals surface area contributed by atoms with Gasteiger partial charge in [0.2, 0.25) is 0 Å². The Morgan fingerprint density at radius 3 is 2.79 bits per heavy atom. The Bertz CT molecular complexity index is 588. The van der Waals surface area contributed by atoms with Crippen LogP contribution in [0.2, 0.25) is 0 Å². The minimum Gasteiger partial charge on any atom is -0.444 e. The number of ether oxygens (including phenoxy) is 1. The zero-order valence-corrected chi connectivity index (χ0v) is 12.7. The molecule has 0 aromatic carbocycles. The number of hydrogen-bond acceptors (Lipinski definition) is 5. The highest BCUT2D eigenvalue weighted by molar-refractivity contribution is 7.73. The number of amides is 1. The van der Waals surface area contributed by atoms with E-state index in [1.165, 1.54) is 0 Å². The fraction of sp³-hybridized carbons (Fsp3) is 0.417. The fourth-order valence-corrected chi connectivity index (χ4v) is 2.47. The van der Waals surface area contributed by atoms with Crippen molar-refractivity contribution in [2.24, 2.45) is 0 Å². The van der Waals surface area contributed by atoms with E-state index >= 15 is 0 Å². The van der Waals surface area contributed by atoms with Crippen molar-refractivity contribution in [3.8, 4) is 6.07 Å². The van der Waals surface area contributed by atoms with E-state index in [4.69, 9.17) is 22.2 Å². The number of nitrogens with zero attached hydrogens (tertiary/aromatic N) is 2. The smallest absolute Gasteiger partial charge is 0.413 e. The van der Waals surface area contributed by atoms with Gasteiger partial charge in [0.1, 0.15) is 22.4 Å². The van der Waals surface area contributed by atoms with Gasteiger partial charge in [-0.3, -0.25) is 5.32 Å². The first-order chi connectivity index (χ1) is 8.78. The molecule has 0 spiro atoms. The monoisotopic (exact) mass is 297 g/mol. The molecule has 0 aliphatic heterocycles. The van der Waals surface area contributed by atoms with Crippen LogP contribution in [0.5, 0.6) is 0 Å². The molecule has 19 heavy (non-hydrogen) atoms. The van der Waals surface area contributed by atoms with Crippen LogP contribution >= 0.6 is 23.6 Å². The quantitative estimate of drug-likeness (QED) is 0.682. The van der Waals surface area contributed by atoms with E-state index < -0.39 is 11.7 Å². The second kappa shape index (κ2) is 5.99. The van der Waals surface area contributed by atoms with E-state index in [9.17, 15) is 4.79 Å². The molecule has 102 valence electrons. The molecule has 1 aromatic rings. The summed E-state index contributed by atoms with van der Waals surface area (Å²) in [7, 11) is 0. The van der Waals surface area contributed by atoms with Crippen LogP contribution in [0.4, 0.5) is 10.6 Å². The summed E-state index contributed by atoms with van der Waals surface area (Å²) in [6, 6.07) is 2.01. The lowest BCUT2D eigenvalue weighted by Crippen LogP contribution is -2.28. The van der Waals surface area contributed by atoms with Gasteiger partial charge in [0.15, 0.2) is 3.95 Å². The molecule has 1 N–H and O–H groups in total. The summed E-state index contributed by atoms with van der Waals surface area (Å²) >= 11 is 6.28. The highest BCUT2D eigenvalue weighted by Crippen LogP contribution is 2.24. The SMILES string of the molecule is C=CCn1c(NC(=O)OC(C)(C)C)c(C#N)sc1=S. The molecular formula is C12H15N3O2S2. The van der Waals surface area contributed by atoms with Gasteiger partial charge in [0.05, 0.1) is 0 Å². The second-order valence-electron chi connectivity index (χ2n) is 4.68. The minimum absolute atomic E-state index is 0.345. The summed E-state index contributed by atoms with van der Waals surface area (Å²) in [5, 5.41) is 11.6. The lowest BCUT2D eigenvalue weighted by molar-refractivity contribution is 0.0634. The van der Waals surface area contributed by atoms with Crippen molar-refractivity contribution < 1.29 is 9.53 Å². The van der Waals surface area contributed by atoms with Gasteiger partial charge >= 0.3 is 6.09 Å². The van der Waals surface area contributed by atoms with Crippen LogP contribution in [0, 0.1) is 15.3 Å². The van der Waals surface area contributed by atoms with Gasteiger partial charge in [-0.25, -0.2) is 4.79 Å². The molecule has 0 aliphatic carbocycles. The van der Waals surface area contributed by atoms with Gasteiger partial charge in [0, 0.05) is 6.54 Å². The van der Waals surface area contributed by atoms with Crippen LogP contribution < -0.4 is 5.32 Å². The summed E-state index contributed by atoms with van der Waals surface area (Å²) in [5.74, 6) is 0.353. The van der Waals surface area contributed by atoms with Gasteiger partial charge in [-0.1, -0.05) is 17.4 Å². The van der Waals surface area contributed by atoms with Gasteiger partial charge < -0.3 is 9.30 Å². The number of carbonyl (C=O) groups is 1. The predicted molar refractivity (Wildman–Crippen MR) is 77.9 cm³/mol. The third kappa shape index (κ3) is 4.19. The Morgan fingerprint density at radius 2 is 2.32 bits per heavy atom. The van der Waals surface area contributed by atoms with Crippen molar-refractivity contribution in [3.63, 3.8) is 0 Å². The van der Waals surface area contributed by atoms with E-state index in [0.29, 0.717) is 21.2 Å². The lowest BCUT2D eigenvalue weighted by Gasteiger charge is -2.20. The number of nitrogens with one attached hydrogen (secondary N) is 1. The van der Waals surface area contributed by atoms with Crippen LogP contribution in [-0.4, -0.2) is 16.3 Å². The largest absolute Gasteiger partial charge is 0.444 e. The Hall–Kier alpha value is -1.65. The van der Waals surface area contributed by atoms with Crippen molar-refractivity contribution in [2.75, 3.05) is 5.32 Å². The zero-order valence-electron chi connectivity index (χ0n) is 11.0. The molecule has 0 aliphatic rings. The van der Waals surface area contributed by atoms with Gasteiger partial charge in [-0.15, -0.1) is 6.58 Å². The molecule has 0 atom stereocenters. The highest BCUT2D eigenvalue weighted by Gasteiger charge is 2.20. The molecule has 1 amide bonds. The number of thiazole rings is 1. The number of anilines is 1. The Labute approximate surface area is 121 Å². The first kappa shape index (κ1) is 15.4. The molecule has 0 radical (unpaired) electrons. The van der Waals surface area contributed by atoms with Crippen LogP contribution in [0.1, 0.15) is 25.6 Å². The molecule has 5 nitrogen and oxygen atoms in total. The van der Waals surface area contributed by atoms with Gasteiger partial charge in [-0.2, -0.15) is 5.26 Å². The van der Waals surface area contributed by atoms with E-state index in [1.807, 2.05) is 6.07 Å². The van der Waals surface area contributed by atoms with Crippen molar-refractivity contribution in [1.29, 1.82) is 5.26 Å². The predicted octanol–water partition coefficient (Wildman–Crippen LogP) is 3.68. The average molecular weight is 297 g/mol. The highest BCUT2D eigenvalue weighted by atomic mass is 32.1. The number of aromatic nitrogens is 1. The van der Waals surface area contributed by atoms with E-state index in [1.54, 1.807) is 31.4 Å². The maximum atomic E-state index is 11.8. The summed E-state index contributed by atoms with van der Waals surface area (Å²) < 4.78 is 7.29. The first-order valence-electron chi connectivity index (χ1n) is 5.53. The zero-order chi connectivity index (χ0) is 14.6. The van der Waals surface area contributed by atoms with E-state index in [-0.39, 0.29) is 0 Å². The molecule has 1 heterocycles. The molecular weight excluding hydrogens is 282 g/mol. The first-order valence-corrected chi connectivity index (χ1v) is 6.75. The fourth-order valence-electron chi connectivity index (χ4n) is 1.30. The minimum atomic E-state index is -0.616. The molecule has 7 heteroatoms. The third-order valence-corrected chi connectivity index (χ3v) is 3.28. The third-order valence-electron chi connectivity index (χ3n) is 1.93. The standard InChI is InChI=1S/C12H15N3O2S2/c1-5-6-15-9(8(7-13)19-11(15)18)14-10(16)17-12(2,3)4/h5H,1,6H2,2-4H3,(H,14,16). The second-order valence-corrected chi connectivity index (χ2v) is 6.33. The number of allylic oxidation sites excluding steroid dienone is 1. The van der Waals surface area contributed by atoms with Gasteiger partial charge in [-0.05, 0) is 33.0 Å². The lowest BCUT2D eigenvalue weighted by atomic mass is 10.2. The molecule has 1 aromatic heterocycles. The van der Waals surface area contributed by atoms with E-state index in [0.717, 1.165) is 11.3 Å². The van der Waals surface area contributed by atoms with Crippen molar-refractivity contribution in [3.05, 3.63) is 21.5 Å². The molecule has 1 rings (SSSR count). The van der Waals surface area contributed by atoms with Crippen molar-refractivity contribution in [2.45, 2.75) is 32.9 Å².